The third-order valence-corrected chi connectivity index (χ3v) is 6.69. The average Bonchev–Trinajstić information content (AvgIpc) is 2.95. The first-order chi connectivity index (χ1) is 12.7. The van der Waals surface area contributed by atoms with Crippen LogP contribution < -0.4 is 0 Å². The zero-order chi connectivity index (χ0) is 19.8. The molecule has 3 rings (SSSR count). The molecule has 2 aliphatic rings. The molecule has 1 saturated heterocycles. The maximum atomic E-state index is 12.9. The van der Waals surface area contributed by atoms with E-state index in [1.165, 1.54) is 19.3 Å². The van der Waals surface area contributed by atoms with Crippen molar-refractivity contribution < 1.29 is 4.79 Å². The number of carbonyl (C=O) groups is 1. The molecule has 6 heteroatoms. The van der Waals surface area contributed by atoms with Gasteiger partial charge in [-0.3, -0.25) is 9.89 Å². The minimum Gasteiger partial charge on any atom is -0.343 e. The Labute approximate surface area is 168 Å². The molecule has 0 spiro atoms. The SMILES string of the molecule is CC1CC(CC(=O)N2CCC(c3n[nH]c(=S)n3C(C)C)CC2)CC(C)(C)C1. The molecule has 0 bridgehead atoms. The van der Waals surface area contributed by atoms with Crippen LogP contribution in [-0.2, 0) is 4.79 Å². The van der Waals surface area contributed by atoms with E-state index in [9.17, 15) is 4.79 Å². The first-order valence-corrected chi connectivity index (χ1v) is 11.0. The number of amides is 1. The van der Waals surface area contributed by atoms with Crippen molar-refractivity contribution in [3.63, 3.8) is 0 Å². The van der Waals surface area contributed by atoms with E-state index in [0.717, 1.165) is 44.1 Å². The lowest BCUT2D eigenvalue weighted by Gasteiger charge is -2.40. The van der Waals surface area contributed by atoms with Crippen LogP contribution in [0.2, 0.25) is 0 Å². The Balaban J connectivity index is 1.56. The Morgan fingerprint density at radius 2 is 1.96 bits per heavy atom. The highest BCUT2D eigenvalue weighted by atomic mass is 32.1. The fraction of sp³-hybridized carbons (Fsp3) is 0.857. The summed E-state index contributed by atoms with van der Waals surface area (Å²) in [5.74, 6) is 3.08. The topological polar surface area (TPSA) is 53.9 Å². The highest BCUT2D eigenvalue weighted by molar-refractivity contribution is 7.71. The maximum Gasteiger partial charge on any atom is 0.222 e. The number of carbonyl (C=O) groups excluding carboxylic acids is 1. The van der Waals surface area contributed by atoms with Crippen LogP contribution in [0.5, 0.6) is 0 Å². The molecule has 2 fully saturated rings. The molecule has 1 saturated carbocycles. The largest absolute Gasteiger partial charge is 0.343 e. The molecule has 27 heavy (non-hydrogen) atoms. The van der Waals surface area contributed by atoms with Crippen molar-refractivity contribution >= 4 is 18.1 Å². The van der Waals surface area contributed by atoms with Crippen LogP contribution in [0.4, 0.5) is 0 Å². The summed E-state index contributed by atoms with van der Waals surface area (Å²) >= 11 is 5.38. The lowest BCUT2D eigenvalue weighted by Crippen LogP contribution is -2.40. The van der Waals surface area contributed by atoms with Gasteiger partial charge in [-0.2, -0.15) is 5.10 Å². The Morgan fingerprint density at radius 3 is 2.56 bits per heavy atom. The first kappa shape index (κ1) is 20.6. The third kappa shape index (κ3) is 4.82. The normalized spacial score (nSPS) is 26.5. The van der Waals surface area contributed by atoms with E-state index in [2.05, 4.69) is 54.3 Å². The number of aromatic amines is 1. The van der Waals surface area contributed by atoms with Gasteiger partial charge in [0, 0.05) is 31.5 Å². The van der Waals surface area contributed by atoms with Gasteiger partial charge in [-0.1, -0.05) is 20.8 Å². The quantitative estimate of drug-likeness (QED) is 0.727. The molecule has 1 aromatic heterocycles. The van der Waals surface area contributed by atoms with Gasteiger partial charge < -0.3 is 9.47 Å². The van der Waals surface area contributed by atoms with Gasteiger partial charge in [0.1, 0.15) is 5.82 Å². The lowest BCUT2D eigenvalue weighted by atomic mass is 9.67. The van der Waals surface area contributed by atoms with Crippen molar-refractivity contribution in [2.75, 3.05) is 13.1 Å². The summed E-state index contributed by atoms with van der Waals surface area (Å²) in [4.78, 5) is 15.0. The number of rotatable bonds is 4. The van der Waals surface area contributed by atoms with Crippen molar-refractivity contribution in [3.05, 3.63) is 10.6 Å². The number of nitrogens with zero attached hydrogens (tertiary/aromatic N) is 3. The fourth-order valence-corrected chi connectivity index (χ4v) is 5.92. The maximum absolute atomic E-state index is 12.9. The Kier molecular flexibility index (Phi) is 6.14. The van der Waals surface area contributed by atoms with Crippen molar-refractivity contribution in [2.24, 2.45) is 17.3 Å². The molecular weight excluding hydrogens is 356 g/mol. The minimum absolute atomic E-state index is 0.308. The van der Waals surface area contributed by atoms with Crippen LogP contribution >= 0.6 is 12.2 Å². The van der Waals surface area contributed by atoms with E-state index in [4.69, 9.17) is 12.2 Å². The van der Waals surface area contributed by atoms with E-state index < -0.39 is 0 Å². The molecule has 0 radical (unpaired) electrons. The standard InChI is InChI=1S/C21H36N4OS/c1-14(2)25-19(22-23-20(25)27)17-6-8-24(9-7-17)18(26)11-16-10-15(3)12-21(4,5)13-16/h14-17H,6-13H2,1-5H3,(H,23,27). The van der Waals surface area contributed by atoms with Gasteiger partial charge in [-0.05, 0) is 75.4 Å². The van der Waals surface area contributed by atoms with Crippen LogP contribution in [-0.4, -0.2) is 38.7 Å². The molecule has 5 nitrogen and oxygen atoms in total. The first-order valence-electron chi connectivity index (χ1n) is 10.6. The van der Waals surface area contributed by atoms with Crippen LogP contribution in [0.25, 0.3) is 0 Å². The van der Waals surface area contributed by atoms with Crippen molar-refractivity contribution in [2.45, 2.75) is 85.1 Å². The van der Waals surface area contributed by atoms with Crippen LogP contribution in [0.15, 0.2) is 0 Å². The summed E-state index contributed by atoms with van der Waals surface area (Å²) in [6.07, 6.45) is 6.35. The number of aromatic nitrogens is 3. The number of hydrogen-bond donors (Lipinski definition) is 1. The van der Waals surface area contributed by atoms with Crippen molar-refractivity contribution in [1.29, 1.82) is 0 Å². The Bertz CT molecular complexity index is 712. The number of likely N-dealkylation sites (tertiary alicyclic amines) is 1. The number of hydrogen-bond acceptors (Lipinski definition) is 3. The molecule has 2 unspecified atom stereocenters. The Hall–Kier alpha value is -1.17. The van der Waals surface area contributed by atoms with Gasteiger partial charge in [-0.15, -0.1) is 0 Å². The Morgan fingerprint density at radius 1 is 1.30 bits per heavy atom. The minimum atomic E-state index is 0.308. The lowest BCUT2D eigenvalue weighted by molar-refractivity contribution is -0.134. The van der Waals surface area contributed by atoms with E-state index in [-0.39, 0.29) is 0 Å². The van der Waals surface area contributed by atoms with Crippen LogP contribution in [0.3, 0.4) is 0 Å². The van der Waals surface area contributed by atoms with Gasteiger partial charge in [0.2, 0.25) is 5.91 Å². The number of H-pyrrole nitrogens is 1. The van der Waals surface area contributed by atoms with Gasteiger partial charge in [0.25, 0.3) is 0 Å². The van der Waals surface area contributed by atoms with E-state index in [0.29, 0.717) is 34.0 Å². The van der Waals surface area contributed by atoms with Crippen molar-refractivity contribution in [1.82, 2.24) is 19.7 Å². The molecular formula is C21H36N4OS. The van der Waals surface area contributed by atoms with Crippen LogP contribution in [0, 0.1) is 22.0 Å². The molecule has 2 heterocycles. The second-order valence-electron chi connectivity index (χ2n) is 9.99. The van der Waals surface area contributed by atoms with E-state index in [1.807, 2.05) is 0 Å². The zero-order valence-corrected chi connectivity index (χ0v) is 18.4. The molecule has 1 aliphatic heterocycles. The van der Waals surface area contributed by atoms with Crippen molar-refractivity contribution in [3.8, 4) is 0 Å². The van der Waals surface area contributed by atoms with Gasteiger partial charge in [0.15, 0.2) is 4.77 Å². The molecule has 1 aromatic rings. The second kappa shape index (κ2) is 8.06. The predicted molar refractivity (Wildman–Crippen MR) is 111 cm³/mol. The second-order valence-corrected chi connectivity index (χ2v) is 10.4. The molecule has 0 aromatic carbocycles. The highest BCUT2D eigenvalue weighted by Crippen LogP contribution is 2.43. The summed E-state index contributed by atoms with van der Waals surface area (Å²) in [5.41, 5.74) is 0.377. The summed E-state index contributed by atoms with van der Waals surface area (Å²) < 4.78 is 2.83. The molecule has 1 N–H and O–H groups in total. The monoisotopic (exact) mass is 392 g/mol. The van der Waals surface area contributed by atoms with Crippen LogP contribution in [0.1, 0.15) is 90.9 Å². The molecule has 152 valence electrons. The predicted octanol–water partition coefficient (Wildman–Crippen LogP) is 5.08. The zero-order valence-electron chi connectivity index (χ0n) is 17.6. The number of piperidine rings is 1. The van der Waals surface area contributed by atoms with Gasteiger partial charge in [-0.25, -0.2) is 0 Å². The van der Waals surface area contributed by atoms with Gasteiger partial charge >= 0.3 is 0 Å². The fourth-order valence-electron chi connectivity index (χ4n) is 5.57. The third-order valence-electron chi connectivity index (χ3n) is 6.40. The van der Waals surface area contributed by atoms with E-state index >= 15 is 0 Å². The van der Waals surface area contributed by atoms with Gasteiger partial charge in [0.05, 0.1) is 0 Å². The molecule has 1 amide bonds. The summed E-state index contributed by atoms with van der Waals surface area (Å²) in [5, 5.41) is 7.44. The molecule has 1 aliphatic carbocycles. The van der Waals surface area contributed by atoms with E-state index in [1.54, 1.807) is 0 Å². The summed E-state index contributed by atoms with van der Waals surface area (Å²) in [6, 6.07) is 0.308. The summed E-state index contributed by atoms with van der Waals surface area (Å²) in [6.45, 7) is 13.0. The average molecular weight is 393 g/mol. The summed E-state index contributed by atoms with van der Waals surface area (Å²) in [7, 11) is 0. The smallest absolute Gasteiger partial charge is 0.222 e. The number of nitrogens with one attached hydrogen (secondary N) is 1. The highest BCUT2D eigenvalue weighted by Gasteiger charge is 2.34. The molecule has 2 atom stereocenters.